The molecule has 1 aliphatic carbocycles. The molecule has 0 bridgehead atoms. The first kappa shape index (κ1) is 20.1. The SMILES string of the molecule is CC(C)S(=O)(=O)CC1CCN(C(=O)CC2c3ccccc3-c3ccccc32)CC1. The van der Waals surface area contributed by atoms with Gasteiger partial charge in [-0.1, -0.05) is 48.5 Å². The Kier molecular flexibility index (Phi) is 5.52. The van der Waals surface area contributed by atoms with E-state index in [0.717, 1.165) is 12.8 Å². The van der Waals surface area contributed by atoms with Crippen molar-refractivity contribution in [1.82, 2.24) is 4.90 Å². The predicted molar refractivity (Wildman–Crippen MR) is 117 cm³/mol. The molecular weight excluding hydrogens is 382 g/mol. The summed E-state index contributed by atoms with van der Waals surface area (Å²) in [5, 5.41) is -0.329. The molecule has 4 nitrogen and oxygen atoms in total. The molecular formula is C24H29NO3S. The summed E-state index contributed by atoms with van der Waals surface area (Å²) >= 11 is 0. The average molecular weight is 412 g/mol. The number of hydrogen-bond donors (Lipinski definition) is 0. The number of piperidine rings is 1. The lowest BCUT2D eigenvalue weighted by molar-refractivity contribution is -0.132. The Balaban J connectivity index is 1.42. The standard InChI is InChI=1S/C24H29NO3S/c1-17(2)29(27,28)16-18-11-13-25(14-12-18)24(26)15-23-21-9-5-3-7-19(21)20-8-4-6-10-22(20)23/h3-10,17-18,23H,11-16H2,1-2H3. The molecule has 2 aliphatic rings. The Labute approximate surface area is 173 Å². The Hall–Kier alpha value is -2.14. The van der Waals surface area contributed by atoms with E-state index in [1.807, 2.05) is 17.0 Å². The van der Waals surface area contributed by atoms with Crippen LogP contribution >= 0.6 is 0 Å². The summed E-state index contributed by atoms with van der Waals surface area (Å²) in [5.41, 5.74) is 4.94. The number of benzene rings is 2. The molecule has 154 valence electrons. The molecule has 1 heterocycles. The maximum absolute atomic E-state index is 13.1. The van der Waals surface area contributed by atoms with Gasteiger partial charge in [-0.25, -0.2) is 8.42 Å². The van der Waals surface area contributed by atoms with Gasteiger partial charge in [0.05, 0.1) is 11.0 Å². The summed E-state index contributed by atoms with van der Waals surface area (Å²) in [6, 6.07) is 16.7. The van der Waals surface area contributed by atoms with Gasteiger partial charge in [0.25, 0.3) is 0 Å². The van der Waals surface area contributed by atoms with Crippen LogP contribution in [0.4, 0.5) is 0 Å². The molecule has 0 atom stereocenters. The lowest BCUT2D eigenvalue weighted by Crippen LogP contribution is -2.40. The first-order chi connectivity index (χ1) is 13.9. The van der Waals surface area contributed by atoms with E-state index in [2.05, 4.69) is 36.4 Å². The minimum atomic E-state index is -3.02. The second-order valence-electron chi connectivity index (χ2n) is 8.63. The highest BCUT2D eigenvalue weighted by molar-refractivity contribution is 7.91. The lowest BCUT2D eigenvalue weighted by atomic mass is 9.92. The molecule has 0 N–H and O–H groups in total. The average Bonchev–Trinajstić information content (AvgIpc) is 3.02. The summed E-state index contributed by atoms with van der Waals surface area (Å²) in [7, 11) is -3.02. The number of rotatable bonds is 5. The third-order valence-corrected chi connectivity index (χ3v) is 8.87. The fourth-order valence-electron chi connectivity index (χ4n) is 4.65. The molecule has 0 saturated carbocycles. The van der Waals surface area contributed by atoms with Gasteiger partial charge in [0.2, 0.25) is 5.91 Å². The van der Waals surface area contributed by atoms with Crippen molar-refractivity contribution < 1.29 is 13.2 Å². The van der Waals surface area contributed by atoms with E-state index in [0.29, 0.717) is 19.5 Å². The highest BCUT2D eigenvalue weighted by atomic mass is 32.2. The van der Waals surface area contributed by atoms with E-state index in [-0.39, 0.29) is 28.7 Å². The van der Waals surface area contributed by atoms with E-state index < -0.39 is 9.84 Å². The van der Waals surface area contributed by atoms with Crippen molar-refractivity contribution in [2.24, 2.45) is 5.92 Å². The van der Waals surface area contributed by atoms with Crippen LogP contribution in [0.25, 0.3) is 11.1 Å². The normalized spacial score (nSPS) is 17.4. The number of hydrogen-bond acceptors (Lipinski definition) is 3. The van der Waals surface area contributed by atoms with Crippen molar-refractivity contribution in [3.8, 4) is 11.1 Å². The van der Waals surface area contributed by atoms with Crippen LogP contribution in [0.2, 0.25) is 0 Å². The second-order valence-corrected chi connectivity index (χ2v) is 11.2. The molecule has 4 rings (SSSR count). The van der Waals surface area contributed by atoms with Crippen LogP contribution in [0.15, 0.2) is 48.5 Å². The monoisotopic (exact) mass is 411 g/mol. The van der Waals surface area contributed by atoms with Gasteiger partial charge in [0.1, 0.15) is 0 Å². The maximum atomic E-state index is 13.1. The van der Waals surface area contributed by atoms with Gasteiger partial charge in [-0.2, -0.15) is 0 Å². The third-order valence-electron chi connectivity index (χ3n) is 6.49. The van der Waals surface area contributed by atoms with Gasteiger partial charge < -0.3 is 4.90 Å². The maximum Gasteiger partial charge on any atom is 0.223 e. The topological polar surface area (TPSA) is 54.5 Å². The van der Waals surface area contributed by atoms with Crippen LogP contribution < -0.4 is 0 Å². The molecule has 0 unspecified atom stereocenters. The zero-order valence-electron chi connectivity index (χ0n) is 17.2. The molecule has 29 heavy (non-hydrogen) atoms. The second kappa shape index (κ2) is 7.94. The van der Waals surface area contributed by atoms with Crippen LogP contribution in [-0.2, 0) is 14.6 Å². The van der Waals surface area contributed by atoms with Crippen LogP contribution in [-0.4, -0.2) is 43.3 Å². The van der Waals surface area contributed by atoms with Gasteiger partial charge in [0.15, 0.2) is 9.84 Å². The molecule has 1 aliphatic heterocycles. The number of carbonyl (C=O) groups excluding carboxylic acids is 1. The number of nitrogens with zero attached hydrogens (tertiary/aromatic N) is 1. The quantitative estimate of drug-likeness (QED) is 0.739. The summed E-state index contributed by atoms with van der Waals surface area (Å²) < 4.78 is 24.4. The minimum absolute atomic E-state index is 0.106. The number of sulfone groups is 1. The van der Waals surface area contributed by atoms with Gasteiger partial charge in [-0.05, 0) is 54.9 Å². The smallest absolute Gasteiger partial charge is 0.223 e. The van der Waals surface area contributed by atoms with Crippen LogP contribution in [0.3, 0.4) is 0 Å². The van der Waals surface area contributed by atoms with Crippen LogP contribution in [0.1, 0.15) is 50.2 Å². The highest BCUT2D eigenvalue weighted by Gasteiger charge is 2.33. The summed E-state index contributed by atoms with van der Waals surface area (Å²) in [4.78, 5) is 15.0. The highest BCUT2D eigenvalue weighted by Crippen LogP contribution is 2.46. The van der Waals surface area contributed by atoms with Gasteiger partial charge in [-0.3, -0.25) is 4.79 Å². The van der Waals surface area contributed by atoms with Gasteiger partial charge in [0, 0.05) is 25.4 Å². The Morgan fingerprint density at radius 3 is 2.00 bits per heavy atom. The third kappa shape index (κ3) is 3.97. The summed E-state index contributed by atoms with van der Waals surface area (Å²) in [6.45, 7) is 4.80. The Bertz CT molecular complexity index is 959. The van der Waals surface area contributed by atoms with Crippen molar-refractivity contribution in [3.63, 3.8) is 0 Å². The van der Waals surface area contributed by atoms with Gasteiger partial charge in [-0.15, -0.1) is 0 Å². The fraction of sp³-hybridized carbons (Fsp3) is 0.458. The number of amides is 1. The summed E-state index contributed by atoms with van der Waals surface area (Å²) in [6.07, 6.45) is 2.02. The van der Waals surface area contributed by atoms with E-state index in [1.54, 1.807) is 13.8 Å². The van der Waals surface area contributed by atoms with E-state index >= 15 is 0 Å². The Morgan fingerprint density at radius 2 is 1.48 bits per heavy atom. The molecule has 0 radical (unpaired) electrons. The van der Waals surface area contributed by atoms with E-state index in [1.165, 1.54) is 22.3 Å². The molecule has 5 heteroatoms. The van der Waals surface area contributed by atoms with Crippen molar-refractivity contribution in [1.29, 1.82) is 0 Å². The molecule has 1 fully saturated rings. The molecule has 1 amide bonds. The van der Waals surface area contributed by atoms with E-state index in [4.69, 9.17) is 0 Å². The molecule has 2 aromatic rings. The largest absolute Gasteiger partial charge is 0.343 e. The van der Waals surface area contributed by atoms with Crippen molar-refractivity contribution in [3.05, 3.63) is 59.7 Å². The van der Waals surface area contributed by atoms with Crippen molar-refractivity contribution in [2.45, 2.75) is 44.3 Å². The van der Waals surface area contributed by atoms with Crippen molar-refractivity contribution in [2.75, 3.05) is 18.8 Å². The molecule has 0 spiro atoms. The summed E-state index contributed by atoms with van der Waals surface area (Å²) in [5.74, 6) is 0.691. The first-order valence-corrected chi connectivity index (χ1v) is 12.3. The van der Waals surface area contributed by atoms with Gasteiger partial charge >= 0.3 is 0 Å². The number of fused-ring (bicyclic) bond motifs is 3. The molecule has 0 aromatic heterocycles. The van der Waals surface area contributed by atoms with E-state index in [9.17, 15) is 13.2 Å². The zero-order valence-corrected chi connectivity index (χ0v) is 18.0. The lowest BCUT2D eigenvalue weighted by Gasteiger charge is -2.33. The first-order valence-electron chi connectivity index (χ1n) is 10.5. The zero-order chi connectivity index (χ0) is 20.6. The number of carbonyl (C=O) groups is 1. The number of likely N-dealkylation sites (tertiary alicyclic amines) is 1. The molecule has 2 aromatic carbocycles. The van der Waals surface area contributed by atoms with Crippen LogP contribution in [0, 0.1) is 5.92 Å². The Morgan fingerprint density at radius 1 is 0.966 bits per heavy atom. The minimum Gasteiger partial charge on any atom is -0.343 e. The fourth-order valence-corrected chi connectivity index (χ4v) is 6.03. The van der Waals surface area contributed by atoms with Crippen molar-refractivity contribution >= 4 is 15.7 Å². The van der Waals surface area contributed by atoms with Crippen LogP contribution in [0.5, 0.6) is 0 Å². The predicted octanol–water partition coefficient (Wildman–Crippen LogP) is 4.25. The molecule has 1 saturated heterocycles.